The molecule has 0 spiro atoms. The number of carbonyl (C=O) groups excluding carboxylic acids is 1. The number of amides is 1. The van der Waals surface area contributed by atoms with E-state index in [2.05, 4.69) is 20.6 Å². The molecule has 6 nitrogen and oxygen atoms in total. The van der Waals surface area contributed by atoms with E-state index in [9.17, 15) is 4.79 Å². The maximum Gasteiger partial charge on any atom is 0.224 e. The first-order valence-electron chi connectivity index (χ1n) is 8.12. The van der Waals surface area contributed by atoms with E-state index >= 15 is 0 Å². The summed E-state index contributed by atoms with van der Waals surface area (Å²) in [4.78, 5) is 22.5. The third kappa shape index (κ3) is 5.87. The van der Waals surface area contributed by atoms with Gasteiger partial charge in [-0.1, -0.05) is 30.3 Å². The molecule has 0 saturated carbocycles. The molecular weight excluding hydrogens is 302 g/mol. The molecule has 1 heterocycles. The van der Waals surface area contributed by atoms with Crippen molar-refractivity contribution in [2.45, 2.75) is 19.8 Å². The van der Waals surface area contributed by atoms with Gasteiger partial charge >= 0.3 is 0 Å². The third-order valence-corrected chi connectivity index (χ3v) is 3.51. The molecule has 2 aromatic rings. The first kappa shape index (κ1) is 17.7. The molecule has 0 unspecified atom stereocenters. The van der Waals surface area contributed by atoms with E-state index in [1.165, 1.54) is 5.56 Å². The molecule has 0 saturated heterocycles. The van der Waals surface area contributed by atoms with Crippen LogP contribution < -0.4 is 15.5 Å². The first-order chi connectivity index (χ1) is 11.5. The fourth-order valence-electron chi connectivity index (χ4n) is 2.23. The molecule has 1 aromatic heterocycles. The number of hydrogen-bond acceptors (Lipinski definition) is 5. The molecule has 2 N–H and O–H groups in total. The van der Waals surface area contributed by atoms with Crippen molar-refractivity contribution in [3.63, 3.8) is 0 Å². The highest BCUT2D eigenvalue weighted by atomic mass is 16.1. The Hall–Kier alpha value is -2.63. The van der Waals surface area contributed by atoms with Gasteiger partial charge in [-0.2, -0.15) is 4.98 Å². The van der Waals surface area contributed by atoms with Crippen molar-refractivity contribution in [2.24, 2.45) is 0 Å². The molecule has 1 aromatic carbocycles. The second kappa shape index (κ2) is 8.86. The number of carbonyl (C=O) groups is 1. The molecule has 0 radical (unpaired) electrons. The van der Waals surface area contributed by atoms with Crippen LogP contribution in [0.2, 0.25) is 0 Å². The largest absolute Gasteiger partial charge is 0.363 e. The molecule has 1 amide bonds. The number of nitrogens with zero attached hydrogens (tertiary/aromatic N) is 3. The van der Waals surface area contributed by atoms with E-state index in [0.717, 1.165) is 17.9 Å². The fraction of sp³-hybridized carbons (Fsp3) is 0.389. The van der Waals surface area contributed by atoms with Gasteiger partial charge < -0.3 is 15.5 Å². The van der Waals surface area contributed by atoms with Gasteiger partial charge in [0.2, 0.25) is 11.9 Å². The SMILES string of the molecule is Cc1cc(N(C)C)nc(NCCNC(=O)CCc2ccccc2)n1. The van der Waals surface area contributed by atoms with Gasteiger partial charge in [0.25, 0.3) is 0 Å². The predicted octanol–water partition coefficient (Wildman–Crippen LogP) is 2.01. The van der Waals surface area contributed by atoms with Crippen LogP contribution in [0.4, 0.5) is 11.8 Å². The molecule has 0 atom stereocenters. The summed E-state index contributed by atoms with van der Waals surface area (Å²) < 4.78 is 0. The van der Waals surface area contributed by atoms with Gasteiger partial charge in [0.05, 0.1) is 0 Å². The molecular formula is C18H25N5O. The molecule has 0 aliphatic heterocycles. The first-order valence-corrected chi connectivity index (χ1v) is 8.12. The van der Waals surface area contributed by atoms with Crippen molar-refractivity contribution < 1.29 is 4.79 Å². The molecule has 0 fully saturated rings. The molecule has 0 aliphatic rings. The van der Waals surface area contributed by atoms with Gasteiger partial charge in [-0.15, -0.1) is 0 Å². The van der Waals surface area contributed by atoms with Gasteiger partial charge in [-0.05, 0) is 18.9 Å². The second-order valence-corrected chi connectivity index (χ2v) is 5.85. The number of aryl methyl sites for hydroxylation is 2. The summed E-state index contributed by atoms with van der Waals surface area (Å²) >= 11 is 0. The van der Waals surface area contributed by atoms with Crippen molar-refractivity contribution in [3.05, 3.63) is 47.7 Å². The summed E-state index contributed by atoms with van der Waals surface area (Å²) in [5, 5.41) is 6.05. The van der Waals surface area contributed by atoms with Crippen LogP contribution in [0.15, 0.2) is 36.4 Å². The van der Waals surface area contributed by atoms with E-state index in [1.54, 1.807) is 0 Å². The zero-order chi connectivity index (χ0) is 17.4. The Morgan fingerprint density at radius 2 is 1.88 bits per heavy atom. The number of rotatable bonds is 8. The molecule has 24 heavy (non-hydrogen) atoms. The second-order valence-electron chi connectivity index (χ2n) is 5.85. The van der Waals surface area contributed by atoms with Crippen LogP contribution in [-0.4, -0.2) is 43.1 Å². The highest BCUT2D eigenvalue weighted by Crippen LogP contribution is 2.11. The fourth-order valence-corrected chi connectivity index (χ4v) is 2.23. The van der Waals surface area contributed by atoms with Crippen LogP contribution in [0.1, 0.15) is 17.7 Å². The Balaban J connectivity index is 1.70. The minimum Gasteiger partial charge on any atom is -0.363 e. The third-order valence-electron chi connectivity index (χ3n) is 3.51. The Bertz CT molecular complexity index is 658. The summed E-state index contributed by atoms with van der Waals surface area (Å²) in [5.74, 6) is 1.49. The zero-order valence-corrected chi connectivity index (χ0v) is 14.5. The topological polar surface area (TPSA) is 70.2 Å². The van der Waals surface area contributed by atoms with Crippen molar-refractivity contribution in [1.82, 2.24) is 15.3 Å². The van der Waals surface area contributed by atoms with Gasteiger partial charge in [0.15, 0.2) is 0 Å². The van der Waals surface area contributed by atoms with E-state index in [1.807, 2.05) is 62.3 Å². The monoisotopic (exact) mass is 327 g/mol. The lowest BCUT2D eigenvalue weighted by atomic mass is 10.1. The van der Waals surface area contributed by atoms with Gasteiger partial charge in [0, 0.05) is 45.4 Å². The molecule has 2 rings (SSSR count). The zero-order valence-electron chi connectivity index (χ0n) is 14.5. The Morgan fingerprint density at radius 3 is 2.58 bits per heavy atom. The summed E-state index contributed by atoms with van der Waals surface area (Å²) in [6.07, 6.45) is 1.25. The van der Waals surface area contributed by atoms with Crippen molar-refractivity contribution in [1.29, 1.82) is 0 Å². The summed E-state index contributed by atoms with van der Waals surface area (Å²) in [5.41, 5.74) is 2.08. The van der Waals surface area contributed by atoms with Gasteiger partial charge in [-0.25, -0.2) is 4.98 Å². The Morgan fingerprint density at radius 1 is 1.12 bits per heavy atom. The van der Waals surface area contributed by atoms with Crippen molar-refractivity contribution in [2.75, 3.05) is 37.4 Å². The van der Waals surface area contributed by atoms with Crippen LogP contribution in [0.3, 0.4) is 0 Å². The molecule has 0 aliphatic carbocycles. The minimum absolute atomic E-state index is 0.0554. The molecule has 0 bridgehead atoms. The van der Waals surface area contributed by atoms with Crippen LogP contribution in [0, 0.1) is 6.92 Å². The maximum absolute atomic E-state index is 11.8. The van der Waals surface area contributed by atoms with Gasteiger partial charge in [-0.3, -0.25) is 4.79 Å². The van der Waals surface area contributed by atoms with E-state index < -0.39 is 0 Å². The normalized spacial score (nSPS) is 10.3. The number of anilines is 2. The lowest BCUT2D eigenvalue weighted by molar-refractivity contribution is -0.120. The summed E-state index contributed by atoms with van der Waals surface area (Å²) in [6, 6.07) is 11.9. The quantitative estimate of drug-likeness (QED) is 0.726. The van der Waals surface area contributed by atoms with Gasteiger partial charge in [0.1, 0.15) is 5.82 Å². The predicted molar refractivity (Wildman–Crippen MR) is 97.4 cm³/mol. The van der Waals surface area contributed by atoms with E-state index in [4.69, 9.17) is 0 Å². The smallest absolute Gasteiger partial charge is 0.224 e. The molecule has 6 heteroatoms. The average molecular weight is 327 g/mol. The lowest BCUT2D eigenvalue weighted by Crippen LogP contribution is -2.29. The minimum atomic E-state index is 0.0554. The standard InChI is InChI=1S/C18H25N5O/c1-14-13-16(23(2)3)22-18(21-14)20-12-11-19-17(24)10-9-15-7-5-4-6-8-15/h4-8,13H,9-12H2,1-3H3,(H,19,24)(H,20,21,22). The van der Waals surface area contributed by atoms with Crippen LogP contribution in [-0.2, 0) is 11.2 Å². The molecule has 128 valence electrons. The van der Waals surface area contributed by atoms with Crippen LogP contribution in [0.5, 0.6) is 0 Å². The van der Waals surface area contributed by atoms with Crippen LogP contribution in [0.25, 0.3) is 0 Å². The Labute approximate surface area is 143 Å². The highest BCUT2D eigenvalue weighted by Gasteiger charge is 2.04. The highest BCUT2D eigenvalue weighted by molar-refractivity contribution is 5.76. The lowest BCUT2D eigenvalue weighted by Gasteiger charge is -2.14. The van der Waals surface area contributed by atoms with E-state index in [0.29, 0.717) is 25.5 Å². The number of nitrogens with one attached hydrogen (secondary N) is 2. The number of hydrogen-bond donors (Lipinski definition) is 2. The average Bonchev–Trinajstić information content (AvgIpc) is 2.57. The van der Waals surface area contributed by atoms with E-state index in [-0.39, 0.29) is 5.91 Å². The summed E-state index contributed by atoms with van der Waals surface area (Å²) in [6.45, 7) is 3.07. The van der Waals surface area contributed by atoms with Crippen LogP contribution >= 0.6 is 0 Å². The maximum atomic E-state index is 11.8. The van der Waals surface area contributed by atoms with Crippen molar-refractivity contribution >= 4 is 17.7 Å². The number of aromatic nitrogens is 2. The summed E-state index contributed by atoms with van der Waals surface area (Å²) in [7, 11) is 3.89. The number of benzene rings is 1. The van der Waals surface area contributed by atoms with Crippen molar-refractivity contribution in [3.8, 4) is 0 Å². The Kier molecular flexibility index (Phi) is 6.54.